The summed E-state index contributed by atoms with van der Waals surface area (Å²) < 4.78 is 6.15. The van der Waals surface area contributed by atoms with Crippen molar-refractivity contribution in [1.29, 1.82) is 0 Å². The number of rotatable bonds is 8. The quantitative estimate of drug-likeness (QED) is 0.225. The van der Waals surface area contributed by atoms with E-state index in [0.717, 1.165) is 13.0 Å². The topological polar surface area (TPSA) is 38.3 Å². The zero-order valence-corrected chi connectivity index (χ0v) is 24.7. The Labute approximate surface area is 235 Å². The smallest absolute Gasteiger partial charge is 0.327 e. The molecule has 4 aromatic rings. The molecule has 0 aromatic heterocycles. The summed E-state index contributed by atoms with van der Waals surface area (Å²) in [5, 5.41) is 9.04. The van der Waals surface area contributed by atoms with E-state index in [-0.39, 0.29) is 5.97 Å². The molecule has 1 aliphatic heterocycles. The van der Waals surface area contributed by atoms with E-state index >= 15 is 0 Å². The van der Waals surface area contributed by atoms with Crippen LogP contribution in [0.25, 0.3) is 0 Å². The van der Waals surface area contributed by atoms with Gasteiger partial charge in [0.15, 0.2) is 0 Å². The van der Waals surface area contributed by atoms with Gasteiger partial charge >= 0.3 is 5.97 Å². The van der Waals surface area contributed by atoms with Gasteiger partial charge in [-0.15, -0.1) is 0 Å². The molecule has 0 aliphatic carbocycles. The zero-order chi connectivity index (χ0) is 27.3. The van der Waals surface area contributed by atoms with Crippen molar-refractivity contribution in [3.8, 4) is 0 Å². The fourth-order valence-electron chi connectivity index (χ4n) is 5.32. The monoisotopic (exact) mass is 553 g/mol. The maximum Gasteiger partial charge on any atom is 0.327 e. The van der Waals surface area contributed by atoms with Crippen LogP contribution in [0.5, 0.6) is 0 Å². The maximum absolute atomic E-state index is 14.2. The van der Waals surface area contributed by atoms with Crippen LogP contribution in [0.15, 0.2) is 121 Å². The molecule has 1 N–H and O–H groups in total. The molecule has 200 valence electrons. The molecule has 4 aromatic carbocycles. The summed E-state index contributed by atoms with van der Waals surface area (Å²) in [5.41, 5.74) is -1.02. The second kappa shape index (κ2) is 12.1. The minimum absolute atomic E-state index is 0.132. The number of carbonyl (C=O) groups excluding carboxylic acids is 1. The molecule has 5 heteroatoms. The van der Waals surface area contributed by atoms with Gasteiger partial charge in [0, 0.05) is 18.4 Å². The minimum Gasteiger partial charge on any atom is -0.459 e. The molecule has 3 nitrogen and oxygen atoms in total. The van der Waals surface area contributed by atoms with E-state index in [0.29, 0.717) is 11.8 Å². The van der Waals surface area contributed by atoms with E-state index in [1.807, 2.05) is 20.8 Å². The van der Waals surface area contributed by atoms with E-state index in [9.17, 15) is 4.79 Å². The first kappa shape index (κ1) is 27.7. The van der Waals surface area contributed by atoms with Crippen LogP contribution >= 0.6 is 15.8 Å². The number of hydrogen-bond acceptors (Lipinski definition) is 3. The highest BCUT2D eigenvalue weighted by Gasteiger charge is 2.51. The highest BCUT2D eigenvalue weighted by atomic mass is 31.1. The number of ether oxygens (including phenoxy) is 1. The third-order valence-electron chi connectivity index (χ3n) is 7.05. The Balaban J connectivity index is 1.55. The van der Waals surface area contributed by atoms with Crippen molar-refractivity contribution in [1.82, 2.24) is 5.32 Å². The molecule has 1 heterocycles. The SMILES string of the molecule is CC(C)(C)OC(=O)[C@]1(CP(c2ccccc2)c2ccccc2)C[C@H](P(c2ccccc2)c2ccccc2)CN1. The van der Waals surface area contributed by atoms with Crippen LogP contribution in [0.1, 0.15) is 27.2 Å². The van der Waals surface area contributed by atoms with Gasteiger partial charge in [0.25, 0.3) is 0 Å². The molecule has 1 fully saturated rings. The molecule has 0 bridgehead atoms. The average Bonchev–Trinajstić information content (AvgIpc) is 3.38. The Morgan fingerprint density at radius 2 is 1.15 bits per heavy atom. The molecule has 0 saturated carbocycles. The third kappa shape index (κ3) is 6.67. The van der Waals surface area contributed by atoms with Crippen LogP contribution in [0.3, 0.4) is 0 Å². The summed E-state index contributed by atoms with van der Waals surface area (Å²) in [6, 6.07) is 43.0. The van der Waals surface area contributed by atoms with Gasteiger partial charge in [-0.1, -0.05) is 121 Å². The van der Waals surface area contributed by atoms with Gasteiger partial charge in [-0.05, 0) is 64.3 Å². The lowest BCUT2D eigenvalue weighted by molar-refractivity contribution is -0.161. The summed E-state index contributed by atoms with van der Waals surface area (Å²) in [6.07, 6.45) is 1.45. The van der Waals surface area contributed by atoms with Gasteiger partial charge in [-0.25, -0.2) is 0 Å². The van der Waals surface area contributed by atoms with Crippen LogP contribution in [-0.4, -0.2) is 35.5 Å². The van der Waals surface area contributed by atoms with E-state index < -0.39 is 27.0 Å². The van der Waals surface area contributed by atoms with Gasteiger partial charge < -0.3 is 10.1 Å². The van der Waals surface area contributed by atoms with Gasteiger partial charge in [0.2, 0.25) is 0 Å². The van der Waals surface area contributed by atoms with Gasteiger partial charge in [0.1, 0.15) is 11.1 Å². The van der Waals surface area contributed by atoms with E-state index in [1.165, 1.54) is 21.2 Å². The summed E-state index contributed by atoms with van der Waals surface area (Å²) in [6.45, 7) is 6.66. The largest absolute Gasteiger partial charge is 0.459 e. The van der Waals surface area contributed by atoms with E-state index in [2.05, 4.69) is 127 Å². The Kier molecular flexibility index (Phi) is 8.63. The van der Waals surface area contributed by atoms with Crippen molar-refractivity contribution in [2.24, 2.45) is 0 Å². The molecular formula is C34H37NO2P2. The molecule has 0 unspecified atom stereocenters. The summed E-state index contributed by atoms with van der Waals surface area (Å²) in [4.78, 5) is 14.2. The molecule has 39 heavy (non-hydrogen) atoms. The van der Waals surface area contributed by atoms with Gasteiger partial charge in [-0.3, -0.25) is 4.79 Å². The second-order valence-corrected chi connectivity index (χ2v) is 15.8. The molecule has 0 spiro atoms. The van der Waals surface area contributed by atoms with Crippen molar-refractivity contribution in [3.05, 3.63) is 121 Å². The zero-order valence-electron chi connectivity index (χ0n) is 23.0. The molecule has 0 radical (unpaired) electrons. The summed E-state index contributed by atoms with van der Waals surface area (Å²) >= 11 is 0. The Morgan fingerprint density at radius 1 is 0.744 bits per heavy atom. The minimum atomic E-state index is -0.787. The molecule has 1 aliphatic rings. The Morgan fingerprint density at radius 3 is 1.56 bits per heavy atom. The average molecular weight is 554 g/mol. The van der Waals surface area contributed by atoms with Crippen LogP contribution in [0, 0.1) is 0 Å². The first-order chi connectivity index (χ1) is 18.8. The predicted octanol–water partition coefficient (Wildman–Crippen LogP) is 5.69. The normalized spacial score (nSPS) is 19.4. The molecule has 2 atom stereocenters. The Hall–Kier alpha value is -2.83. The lowest BCUT2D eigenvalue weighted by atomic mass is 9.99. The van der Waals surface area contributed by atoms with Gasteiger partial charge in [0.05, 0.1) is 0 Å². The van der Waals surface area contributed by atoms with Crippen LogP contribution in [0.2, 0.25) is 0 Å². The fourth-order valence-corrected chi connectivity index (χ4v) is 10.9. The lowest BCUT2D eigenvalue weighted by Gasteiger charge is -2.35. The summed E-state index contributed by atoms with van der Waals surface area (Å²) in [7, 11) is -1.45. The predicted molar refractivity (Wildman–Crippen MR) is 168 cm³/mol. The number of hydrogen-bond donors (Lipinski definition) is 1. The second-order valence-electron chi connectivity index (χ2n) is 11.1. The molecule has 0 amide bonds. The fraction of sp³-hybridized carbons (Fsp3) is 0.265. The Bertz CT molecular complexity index is 1260. The standard InChI is InChI=1S/C34H37NO2P2/c1-33(2,3)37-32(36)34(26-38(27-16-8-4-9-17-27)28-18-10-5-11-19-28)24-31(25-35-34)39(29-20-12-6-13-21-29)30-22-14-7-15-23-30/h4-23,31,35H,24-26H2,1-3H3/t31-,34+/m0/s1. The maximum atomic E-state index is 14.2. The lowest BCUT2D eigenvalue weighted by Crippen LogP contribution is -2.54. The van der Waals surface area contributed by atoms with Crippen molar-refractivity contribution >= 4 is 43.0 Å². The van der Waals surface area contributed by atoms with E-state index in [1.54, 1.807) is 0 Å². The van der Waals surface area contributed by atoms with Crippen molar-refractivity contribution in [2.75, 3.05) is 12.7 Å². The number of esters is 1. The molecule has 1 saturated heterocycles. The third-order valence-corrected chi connectivity index (χ3v) is 12.6. The van der Waals surface area contributed by atoms with Gasteiger partial charge in [-0.2, -0.15) is 0 Å². The molecule has 5 rings (SSSR count). The van der Waals surface area contributed by atoms with Crippen LogP contribution in [0.4, 0.5) is 0 Å². The molecular weight excluding hydrogens is 516 g/mol. The van der Waals surface area contributed by atoms with Crippen LogP contribution < -0.4 is 26.5 Å². The summed E-state index contributed by atoms with van der Waals surface area (Å²) in [5.74, 6) is -0.132. The number of carbonyl (C=O) groups is 1. The number of benzene rings is 4. The first-order valence-electron chi connectivity index (χ1n) is 13.6. The van der Waals surface area contributed by atoms with Crippen molar-refractivity contribution < 1.29 is 9.53 Å². The highest BCUT2D eigenvalue weighted by molar-refractivity contribution is 7.74. The first-order valence-corrected chi connectivity index (χ1v) is 16.5. The van der Waals surface area contributed by atoms with E-state index in [4.69, 9.17) is 4.74 Å². The van der Waals surface area contributed by atoms with Crippen molar-refractivity contribution in [2.45, 2.75) is 44.0 Å². The highest BCUT2D eigenvalue weighted by Crippen LogP contribution is 2.49. The van der Waals surface area contributed by atoms with Crippen molar-refractivity contribution in [3.63, 3.8) is 0 Å². The van der Waals surface area contributed by atoms with Crippen LogP contribution in [-0.2, 0) is 9.53 Å². The number of nitrogens with one attached hydrogen (secondary N) is 1.